The van der Waals surface area contributed by atoms with Crippen LogP contribution in [-0.2, 0) is 4.79 Å². The average molecular weight is 349 g/mol. The number of methoxy groups -OCH3 is 2. The van der Waals surface area contributed by atoms with Crippen molar-refractivity contribution in [2.24, 2.45) is 0 Å². The molecule has 0 unspecified atom stereocenters. The van der Waals surface area contributed by atoms with Crippen molar-refractivity contribution in [3.63, 3.8) is 0 Å². The highest BCUT2D eigenvalue weighted by Crippen LogP contribution is 2.28. The molecule has 2 amide bonds. The van der Waals surface area contributed by atoms with E-state index in [1.165, 1.54) is 21.1 Å². The van der Waals surface area contributed by atoms with E-state index in [1.807, 2.05) is 0 Å². The maximum Gasteiger partial charge on any atom is 0.259 e. The van der Waals surface area contributed by atoms with E-state index in [1.54, 1.807) is 36.4 Å². The zero-order valence-corrected chi connectivity index (χ0v) is 14.2. The molecular weight excluding hydrogens is 332 g/mol. The summed E-state index contributed by atoms with van der Waals surface area (Å²) in [4.78, 5) is 23.7. The molecule has 126 valence electrons. The number of hydrogen-bond donors (Lipinski definition) is 2. The van der Waals surface area contributed by atoms with Gasteiger partial charge in [0.1, 0.15) is 11.5 Å². The van der Waals surface area contributed by atoms with Crippen LogP contribution in [0.3, 0.4) is 0 Å². The fourth-order valence-electron chi connectivity index (χ4n) is 2.11. The molecule has 0 aliphatic carbocycles. The molecule has 0 aliphatic heterocycles. The average Bonchev–Trinajstić information content (AvgIpc) is 2.54. The summed E-state index contributed by atoms with van der Waals surface area (Å²) in [6.07, 6.45) is 0. The fourth-order valence-corrected chi connectivity index (χ4v) is 2.37. The van der Waals surface area contributed by atoms with Gasteiger partial charge in [0.15, 0.2) is 0 Å². The van der Waals surface area contributed by atoms with Crippen molar-refractivity contribution in [3.05, 3.63) is 47.0 Å². The molecule has 0 bridgehead atoms. The maximum absolute atomic E-state index is 12.5. The van der Waals surface area contributed by atoms with Gasteiger partial charge >= 0.3 is 0 Å². The number of rotatable bonds is 5. The summed E-state index contributed by atoms with van der Waals surface area (Å²) in [6, 6.07) is 9.72. The topological polar surface area (TPSA) is 76.7 Å². The molecule has 7 heteroatoms. The molecule has 0 atom stereocenters. The van der Waals surface area contributed by atoms with Gasteiger partial charge in [0.2, 0.25) is 5.91 Å². The Morgan fingerprint density at radius 3 is 2.04 bits per heavy atom. The summed E-state index contributed by atoms with van der Waals surface area (Å²) < 4.78 is 10.3. The number of halogens is 1. The minimum atomic E-state index is -0.389. The molecule has 2 aromatic carbocycles. The first kappa shape index (κ1) is 17.6. The third-order valence-corrected chi connectivity index (χ3v) is 3.47. The third-order valence-electron chi connectivity index (χ3n) is 3.17. The predicted molar refractivity (Wildman–Crippen MR) is 93.3 cm³/mol. The van der Waals surface area contributed by atoms with Crippen LogP contribution in [-0.4, -0.2) is 26.0 Å². The molecule has 24 heavy (non-hydrogen) atoms. The summed E-state index contributed by atoms with van der Waals surface area (Å²) in [7, 11) is 2.98. The van der Waals surface area contributed by atoms with Crippen molar-refractivity contribution in [2.75, 3.05) is 24.9 Å². The molecule has 0 saturated heterocycles. The van der Waals surface area contributed by atoms with Crippen LogP contribution in [0.1, 0.15) is 17.3 Å². The standard InChI is InChI=1S/C17H17ClN2O4/c1-10(21)19-11-4-6-15(23-2)13(8-11)17(22)20-12-5-7-16(24-3)14(18)9-12/h4-9H,1-3H3,(H,19,21)(H,20,22). The van der Waals surface area contributed by atoms with Gasteiger partial charge < -0.3 is 20.1 Å². The Morgan fingerprint density at radius 2 is 1.50 bits per heavy atom. The predicted octanol–water partition coefficient (Wildman–Crippen LogP) is 3.57. The molecule has 2 rings (SSSR count). The largest absolute Gasteiger partial charge is 0.496 e. The number of carbonyl (C=O) groups excluding carboxylic acids is 2. The fraction of sp³-hybridized carbons (Fsp3) is 0.176. The second-order valence-electron chi connectivity index (χ2n) is 4.90. The Balaban J connectivity index is 2.27. The Hall–Kier alpha value is -2.73. The van der Waals surface area contributed by atoms with Crippen LogP contribution >= 0.6 is 11.6 Å². The molecule has 0 saturated carbocycles. The van der Waals surface area contributed by atoms with Crippen LogP contribution in [0.5, 0.6) is 11.5 Å². The molecule has 2 aromatic rings. The van der Waals surface area contributed by atoms with Crippen LogP contribution < -0.4 is 20.1 Å². The summed E-state index contributed by atoms with van der Waals surface area (Å²) in [5.74, 6) is 0.287. The van der Waals surface area contributed by atoms with Crippen molar-refractivity contribution < 1.29 is 19.1 Å². The van der Waals surface area contributed by atoms with Crippen molar-refractivity contribution in [1.82, 2.24) is 0 Å². The number of hydrogen-bond acceptors (Lipinski definition) is 4. The van der Waals surface area contributed by atoms with Crippen molar-refractivity contribution in [1.29, 1.82) is 0 Å². The molecule has 2 N–H and O–H groups in total. The molecule has 0 heterocycles. The second kappa shape index (κ2) is 7.70. The number of ether oxygens (including phenoxy) is 2. The molecule has 0 aromatic heterocycles. The van der Waals surface area contributed by atoms with E-state index >= 15 is 0 Å². The summed E-state index contributed by atoms with van der Waals surface area (Å²) in [6.45, 7) is 1.39. The molecule has 0 radical (unpaired) electrons. The van der Waals surface area contributed by atoms with E-state index in [0.29, 0.717) is 27.9 Å². The Kier molecular flexibility index (Phi) is 5.65. The maximum atomic E-state index is 12.5. The smallest absolute Gasteiger partial charge is 0.259 e. The first-order valence-electron chi connectivity index (χ1n) is 7.05. The highest BCUT2D eigenvalue weighted by atomic mass is 35.5. The van der Waals surface area contributed by atoms with E-state index in [0.717, 1.165) is 0 Å². The van der Waals surface area contributed by atoms with E-state index in [-0.39, 0.29) is 17.4 Å². The number of nitrogens with one attached hydrogen (secondary N) is 2. The van der Waals surface area contributed by atoms with E-state index < -0.39 is 0 Å². The van der Waals surface area contributed by atoms with Crippen LogP contribution in [0.2, 0.25) is 5.02 Å². The Bertz CT molecular complexity index is 777. The van der Waals surface area contributed by atoms with Gasteiger partial charge in [0, 0.05) is 18.3 Å². The minimum Gasteiger partial charge on any atom is -0.496 e. The quantitative estimate of drug-likeness (QED) is 0.866. The van der Waals surface area contributed by atoms with Crippen molar-refractivity contribution >= 4 is 34.8 Å². The van der Waals surface area contributed by atoms with Gasteiger partial charge in [-0.3, -0.25) is 9.59 Å². The van der Waals surface area contributed by atoms with Crippen molar-refractivity contribution in [2.45, 2.75) is 6.92 Å². The molecular formula is C17H17ClN2O4. The van der Waals surface area contributed by atoms with Crippen LogP contribution in [0.15, 0.2) is 36.4 Å². The van der Waals surface area contributed by atoms with Gasteiger partial charge in [-0.2, -0.15) is 0 Å². The first-order chi connectivity index (χ1) is 11.4. The van der Waals surface area contributed by atoms with Gasteiger partial charge in [-0.15, -0.1) is 0 Å². The zero-order valence-electron chi connectivity index (χ0n) is 13.5. The number of amides is 2. The summed E-state index contributed by atoms with van der Waals surface area (Å²) in [5.41, 5.74) is 1.30. The third kappa shape index (κ3) is 4.17. The number of benzene rings is 2. The van der Waals surface area contributed by atoms with Crippen LogP contribution in [0.4, 0.5) is 11.4 Å². The Morgan fingerprint density at radius 1 is 0.917 bits per heavy atom. The lowest BCUT2D eigenvalue weighted by Crippen LogP contribution is -2.14. The SMILES string of the molecule is COc1ccc(NC(=O)c2cc(NC(C)=O)ccc2OC)cc1Cl. The number of carbonyl (C=O) groups is 2. The summed E-state index contributed by atoms with van der Waals surface area (Å²) in [5, 5.41) is 5.74. The second-order valence-corrected chi connectivity index (χ2v) is 5.31. The van der Waals surface area contributed by atoms with Gasteiger partial charge in [0.25, 0.3) is 5.91 Å². The minimum absolute atomic E-state index is 0.228. The molecule has 6 nitrogen and oxygen atoms in total. The van der Waals surface area contributed by atoms with Crippen LogP contribution in [0.25, 0.3) is 0 Å². The molecule has 0 spiro atoms. The van der Waals surface area contributed by atoms with Gasteiger partial charge in [-0.25, -0.2) is 0 Å². The Labute approximate surface area is 144 Å². The normalized spacial score (nSPS) is 10.0. The van der Waals surface area contributed by atoms with Gasteiger partial charge in [0.05, 0.1) is 24.8 Å². The van der Waals surface area contributed by atoms with E-state index in [4.69, 9.17) is 21.1 Å². The van der Waals surface area contributed by atoms with Crippen molar-refractivity contribution in [3.8, 4) is 11.5 Å². The lowest BCUT2D eigenvalue weighted by atomic mass is 10.1. The highest BCUT2D eigenvalue weighted by Gasteiger charge is 2.14. The zero-order chi connectivity index (χ0) is 17.7. The van der Waals surface area contributed by atoms with Crippen LogP contribution in [0, 0.1) is 0 Å². The lowest BCUT2D eigenvalue weighted by Gasteiger charge is -2.12. The lowest BCUT2D eigenvalue weighted by molar-refractivity contribution is -0.114. The van der Waals surface area contributed by atoms with E-state index in [9.17, 15) is 9.59 Å². The molecule has 0 aliphatic rings. The van der Waals surface area contributed by atoms with Gasteiger partial charge in [-0.1, -0.05) is 11.6 Å². The summed E-state index contributed by atoms with van der Waals surface area (Å²) >= 11 is 6.05. The highest BCUT2D eigenvalue weighted by molar-refractivity contribution is 6.32. The monoisotopic (exact) mass is 348 g/mol. The first-order valence-corrected chi connectivity index (χ1v) is 7.43. The van der Waals surface area contributed by atoms with E-state index in [2.05, 4.69) is 10.6 Å². The molecule has 0 fully saturated rings. The number of anilines is 2. The van der Waals surface area contributed by atoms with Gasteiger partial charge in [-0.05, 0) is 36.4 Å².